The van der Waals surface area contributed by atoms with Gasteiger partial charge in [0.2, 0.25) is 5.91 Å². The number of ether oxygens (including phenoxy) is 1. The van der Waals surface area contributed by atoms with Crippen LogP contribution in [0.2, 0.25) is 0 Å². The third-order valence-electron chi connectivity index (χ3n) is 4.17. The average Bonchev–Trinajstić information content (AvgIpc) is 2.72. The number of hydrogen-bond acceptors (Lipinski definition) is 2. The molecule has 0 spiro atoms. The molecule has 0 saturated heterocycles. The van der Waals surface area contributed by atoms with Crippen LogP contribution < -0.4 is 10.1 Å². The van der Waals surface area contributed by atoms with E-state index >= 15 is 0 Å². The number of carbonyl (C=O) groups excluding carboxylic acids is 1. The zero-order valence-corrected chi connectivity index (χ0v) is 14.2. The Hall–Kier alpha value is -1.03. The first-order valence-corrected chi connectivity index (χ1v) is 8.82. The molecule has 3 nitrogen and oxygen atoms in total. The summed E-state index contributed by atoms with van der Waals surface area (Å²) in [4.78, 5) is 11.0. The van der Waals surface area contributed by atoms with E-state index in [9.17, 15) is 4.79 Å². The maximum atomic E-state index is 11.0. The second-order valence-corrected chi connectivity index (χ2v) is 6.60. The quantitative estimate of drug-likeness (QED) is 0.612. The Balaban J connectivity index is 1.92. The van der Waals surface area contributed by atoms with Crippen molar-refractivity contribution >= 4 is 27.5 Å². The fourth-order valence-corrected chi connectivity index (χ4v) is 3.59. The Morgan fingerprint density at radius 3 is 2.33 bits per heavy atom. The largest absolute Gasteiger partial charge is 0.493 e. The normalized spacial score (nSPS) is 17.8. The minimum atomic E-state index is -0.0552. The molecule has 0 unspecified atom stereocenters. The molecule has 1 aliphatic carbocycles. The maximum absolute atomic E-state index is 11.0. The minimum absolute atomic E-state index is 0.0552. The van der Waals surface area contributed by atoms with Gasteiger partial charge >= 0.3 is 0 Å². The van der Waals surface area contributed by atoms with Gasteiger partial charge in [-0.1, -0.05) is 41.6 Å². The number of hydrogen-bond donors (Lipinski definition) is 1. The van der Waals surface area contributed by atoms with Crippen molar-refractivity contribution in [1.82, 2.24) is 0 Å². The smallest absolute Gasteiger partial charge is 0.221 e. The van der Waals surface area contributed by atoms with Crippen LogP contribution in [0.1, 0.15) is 45.4 Å². The van der Waals surface area contributed by atoms with Crippen LogP contribution in [-0.2, 0) is 4.79 Å². The second-order valence-electron chi connectivity index (χ2n) is 6.04. The van der Waals surface area contributed by atoms with Crippen LogP contribution in [0, 0.1) is 5.41 Å². The van der Waals surface area contributed by atoms with Crippen molar-refractivity contribution in [3.05, 3.63) is 24.3 Å². The van der Waals surface area contributed by atoms with Crippen molar-refractivity contribution in [1.29, 1.82) is 0 Å². The Kier molecular flexibility index (Phi) is 6.09. The van der Waals surface area contributed by atoms with E-state index in [1.165, 1.54) is 45.4 Å². The van der Waals surface area contributed by atoms with Crippen LogP contribution in [0.3, 0.4) is 0 Å². The Labute approximate surface area is 135 Å². The van der Waals surface area contributed by atoms with Gasteiger partial charge in [-0.2, -0.15) is 0 Å². The number of alkyl halides is 1. The molecule has 1 saturated carbocycles. The standard InChI is InChI=1S/C17H24BrNO2/c1-14(20)19-15-6-8-16(9-7-15)21-13-17(12-18)10-4-2-3-5-11-17/h6-9H,2-5,10-13H2,1H3,(H,19,20). The molecule has 1 aromatic carbocycles. The lowest BCUT2D eigenvalue weighted by atomic mass is 9.83. The molecule has 0 aliphatic heterocycles. The van der Waals surface area contributed by atoms with E-state index in [1.807, 2.05) is 24.3 Å². The van der Waals surface area contributed by atoms with Crippen molar-refractivity contribution in [3.8, 4) is 5.75 Å². The molecular formula is C17H24BrNO2. The van der Waals surface area contributed by atoms with E-state index in [1.54, 1.807) is 0 Å². The molecule has 4 heteroatoms. The first kappa shape index (κ1) is 16.3. The summed E-state index contributed by atoms with van der Waals surface area (Å²) < 4.78 is 6.01. The van der Waals surface area contributed by atoms with Crippen LogP contribution in [0.15, 0.2) is 24.3 Å². The highest BCUT2D eigenvalue weighted by Crippen LogP contribution is 2.37. The van der Waals surface area contributed by atoms with Gasteiger partial charge in [0.1, 0.15) is 5.75 Å². The van der Waals surface area contributed by atoms with E-state index < -0.39 is 0 Å². The monoisotopic (exact) mass is 353 g/mol. The number of amides is 1. The van der Waals surface area contributed by atoms with Crippen molar-refractivity contribution in [2.45, 2.75) is 45.4 Å². The summed E-state index contributed by atoms with van der Waals surface area (Å²) >= 11 is 3.69. The van der Waals surface area contributed by atoms with Crippen molar-refractivity contribution < 1.29 is 9.53 Å². The Morgan fingerprint density at radius 1 is 1.19 bits per heavy atom. The topological polar surface area (TPSA) is 38.3 Å². The first-order chi connectivity index (χ1) is 10.1. The zero-order valence-electron chi connectivity index (χ0n) is 12.7. The number of halogens is 1. The molecule has 1 amide bonds. The minimum Gasteiger partial charge on any atom is -0.493 e. The molecule has 0 heterocycles. The number of nitrogens with one attached hydrogen (secondary N) is 1. The third kappa shape index (κ3) is 5.03. The molecule has 1 fully saturated rings. The van der Waals surface area contributed by atoms with Crippen molar-refractivity contribution in [3.63, 3.8) is 0 Å². The molecule has 0 aromatic heterocycles. The fraction of sp³-hybridized carbons (Fsp3) is 0.588. The van der Waals surface area contributed by atoms with Gasteiger partial charge in [0.15, 0.2) is 0 Å². The fourth-order valence-electron chi connectivity index (χ4n) is 2.87. The summed E-state index contributed by atoms with van der Waals surface area (Å²) in [5.41, 5.74) is 1.08. The second kappa shape index (κ2) is 7.83. The molecular weight excluding hydrogens is 330 g/mol. The zero-order chi connectivity index (χ0) is 15.1. The van der Waals surface area contributed by atoms with Gasteiger partial charge < -0.3 is 10.1 Å². The third-order valence-corrected chi connectivity index (χ3v) is 5.36. The van der Waals surface area contributed by atoms with Gasteiger partial charge in [-0.15, -0.1) is 0 Å². The lowest BCUT2D eigenvalue weighted by molar-refractivity contribution is -0.114. The highest BCUT2D eigenvalue weighted by molar-refractivity contribution is 9.09. The Morgan fingerprint density at radius 2 is 1.81 bits per heavy atom. The SMILES string of the molecule is CC(=O)Nc1ccc(OCC2(CBr)CCCCCC2)cc1. The molecule has 0 bridgehead atoms. The maximum Gasteiger partial charge on any atom is 0.221 e. The number of anilines is 1. The summed E-state index contributed by atoms with van der Waals surface area (Å²) in [6.07, 6.45) is 7.78. The molecule has 1 N–H and O–H groups in total. The van der Waals surface area contributed by atoms with E-state index in [-0.39, 0.29) is 11.3 Å². The highest BCUT2D eigenvalue weighted by atomic mass is 79.9. The molecule has 21 heavy (non-hydrogen) atoms. The molecule has 0 radical (unpaired) electrons. The summed E-state index contributed by atoms with van der Waals surface area (Å²) in [6.45, 7) is 2.27. The van der Waals surface area contributed by atoms with Gasteiger partial charge in [-0.05, 0) is 37.1 Å². The van der Waals surface area contributed by atoms with Crippen LogP contribution in [-0.4, -0.2) is 17.8 Å². The van der Waals surface area contributed by atoms with E-state index in [4.69, 9.17) is 4.74 Å². The summed E-state index contributed by atoms with van der Waals surface area (Å²) in [5.74, 6) is 0.814. The Bertz CT molecular complexity index is 450. The number of carbonyl (C=O) groups is 1. The van der Waals surface area contributed by atoms with Gasteiger partial charge in [-0.25, -0.2) is 0 Å². The van der Waals surface area contributed by atoms with Gasteiger partial charge in [0.25, 0.3) is 0 Å². The summed E-state index contributed by atoms with van der Waals surface area (Å²) in [6, 6.07) is 7.60. The molecule has 1 aromatic rings. The van der Waals surface area contributed by atoms with Crippen LogP contribution in [0.5, 0.6) is 5.75 Å². The average molecular weight is 354 g/mol. The van der Waals surface area contributed by atoms with Gasteiger partial charge in [0, 0.05) is 23.4 Å². The predicted molar refractivity (Wildman–Crippen MR) is 90.2 cm³/mol. The van der Waals surface area contributed by atoms with Gasteiger partial charge in [-0.3, -0.25) is 4.79 Å². The lowest BCUT2D eigenvalue weighted by Gasteiger charge is -2.30. The highest BCUT2D eigenvalue weighted by Gasteiger charge is 2.30. The lowest BCUT2D eigenvalue weighted by Crippen LogP contribution is -2.29. The molecule has 0 atom stereocenters. The van der Waals surface area contributed by atoms with Crippen molar-refractivity contribution in [2.75, 3.05) is 17.3 Å². The van der Waals surface area contributed by atoms with Crippen LogP contribution in [0.4, 0.5) is 5.69 Å². The van der Waals surface area contributed by atoms with Crippen LogP contribution >= 0.6 is 15.9 Å². The first-order valence-electron chi connectivity index (χ1n) is 7.70. The van der Waals surface area contributed by atoms with Crippen LogP contribution in [0.25, 0.3) is 0 Å². The number of rotatable bonds is 5. The van der Waals surface area contributed by atoms with Gasteiger partial charge in [0.05, 0.1) is 6.61 Å². The molecule has 116 valence electrons. The predicted octanol–water partition coefficient (Wildman–Crippen LogP) is 4.76. The van der Waals surface area contributed by atoms with E-state index in [0.717, 1.165) is 23.4 Å². The molecule has 2 rings (SSSR count). The van der Waals surface area contributed by atoms with E-state index in [0.29, 0.717) is 0 Å². The summed E-state index contributed by atoms with van der Waals surface area (Å²) in [5, 5.41) is 3.77. The van der Waals surface area contributed by atoms with Crippen molar-refractivity contribution in [2.24, 2.45) is 5.41 Å². The molecule has 1 aliphatic rings. The number of benzene rings is 1. The van der Waals surface area contributed by atoms with E-state index in [2.05, 4.69) is 21.2 Å². The summed E-state index contributed by atoms with van der Waals surface area (Å²) in [7, 11) is 0.